The van der Waals surface area contributed by atoms with Crippen LogP contribution in [0.3, 0.4) is 0 Å². The second-order valence-corrected chi connectivity index (χ2v) is 5.88. The lowest BCUT2D eigenvalue weighted by Crippen LogP contribution is -2.41. The molecule has 0 aromatic carbocycles. The van der Waals surface area contributed by atoms with Crippen molar-refractivity contribution in [2.24, 2.45) is 5.92 Å². The third-order valence-electron chi connectivity index (χ3n) is 4.14. The largest absolute Gasteiger partial charge is 0.483 e. The number of nitrogens with zero attached hydrogens (tertiary/aromatic N) is 2. The highest BCUT2D eigenvalue weighted by atomic mass is 16.5. The molecule has 10 heteroatoms. The summed E-state index contributed by atoms with van der Waals surface area (Å²) in [6, 6.07) is 1.67. The predicted molar refractivity (Wildman–Crippen MR) is 93.6 cm³/mol. The molecule has 148 valence electrons. The predicted octanol–water partition coefficient (Wildman–Crippen LogP) is 0.145. The molecule has 1 aliphatic rings. The Morgan fingerprint density at radius 2 is 1.93 bits per heavy atom. The van der Waals surface area contributed by atoms with E-state index in [1.165, 1.54) is 19.5 Å². The van der Waals surface area contributed by atoms with Gasteiger partial charge >= 0.3 is 5.97 Å². The fraction of sp³-hybridized carbons (Fsp3) is 0.529. The van der Waals surface area contributed by atoms with Crippen molar-refractivity contribution in [2.75, 3.05) is 13.7 Å². The first-order valence-electron chi connectivity index (χ1n) is 8.51. The molecule has 1 aromatic rings. The summed E-state index contributed by atoms with van der Waals surface area (Å²) in [5.41, 5.74) is 0.479. The molecule has 0 unspecified atom stereocenters. The van der Waals surface area contributed by atoms with E-state index in [0.29, 0.717) is 18.4 Å². The third kappa shape index (κ3) is 8.25. The fourth-order valence-corrected chi connectivity index (χ4v) is 2.73. The maximum absolute atomic E-state index is 12.1. The molecule has 1 saturated carbocycles. The number of amides is 2. The minimum Gasteiger partial charge on any atom is -0.483 e. The number of esters is 1. The van der Waals surface area contributed by atoms with Crippen LogP contribution < -0.4 is 10.6 Å². The van der Waals surface area contributed by atoms with Gasteiger partial charge in [-0.25, -0.2) is 0 Å². The molecule has 10 nitrogen and oxygen atoms in total. The van der Waals surface area contributed by atoms with E-state index < -0.39 is 0 Å². The van der Waals surface area contributed by atoms with E-state index in [9.17, 15) is 14.4 Å². The van der Waals surface area contributed by atoms with Gasteiger partial charge in [0, 0.05) is 18.5 Å². The minimum absolute atomic E-state index is 0.0398. The van der Waals surface area contributed by atoms with Crippen LogP contribution in [0.1, 0.15) is 42.5 Å². The molecule has 0 spiro atoms. The summed E-state index contributed by atoms with van der Waals surface area (Å²) in [4.78, 5) is 43.5. The number of carbonyl (C=O) groups excluding carboxylic acids is 3. The van der Waals surface area contributed by atoms with Gasteiger partial charge in [-0.05, 0) is 31.7 Å². The first-order chi connectivity index (χ1) is 13.0. The normalized spacial score (nSPS) is 18.3. The molecule has 0 bridgehead atoms. The lowest BCUT2D eigenvalue weighted by atomic mass is 9.85. The Morgan fingerprint density at radius 1 is 1.26 bits per heavy atom. The molecule has 0 saturated heterocycles. The van der Waals surface area contributed by atoms with Gasteiger partial charge in [-0.15, -0.1) is 0 Å². The zero-order chi connectivity index (χ0) is 20.1. The van der Waals surface area contributed by atoms with Gasteiger partial charge in [0.05, 0.1) is 31.5 Å². The molecular weight excluding hydrogens is 356 g/mol. The summed E-state index contributed by atoms with van der Waals surface area (Å²) in [5.74, 6) is -0.622. The van der Waals surface area contributed by atoms with E-state index in [2.05, 4.69) is 25.6 Å². The van der Waals surface area contributed by atoms with Crippen molar-refractivity contribution in [1.82, 2.24) is 20.8 Å². The Labute approximate surface area is 156 Å². The maximum Gasteiger partial charge on any atom is 0.307 e. The van der Waals surface area contributed by atoms with Crippen LogP contribution in [0.4, 0.5) is 0 Å². The minimum atomic E-state index is -0.340. The number of aromatic nitrogens is 2. The zero-order valence-corrected chi connectivity index (χ0v) is 15.1. The molecule has 2 rings (SSSR count). The lowest BCUT2D eigenvalue weighted by molar-refractivity contribution is -0.140. The van der Waals surface area contributed by atoms with Crippen molar-refractivity contribution in [1.29, 1.82) is 0 Å². The monoisotopic (exact) mass is 380 g/mol. The van der Waals surface area contributed by atoms with Gasteiger partial charge in [0.15, 0.2) is 0 Å². The van der Waals surface area contributed by atoms with E-state index in [1.807, 2.05) is 0 Å². The number of hydrogen-bond donors (Lipinski definition) is 3. The molecule has 1 aromatic heterocycles. The van der Waals surface area contributed by atoms with Crippen LogP contribution in [0, 0.1) is 5.92 Å². The number of carbonyl (C=O) groups is 4. The first kappa shape index (κ1) is 22.0. The Hall–Kier alpha value is -3.04. The fourth-order valence-electron chi connectivity index (χ4n) is 2.73. The number of rotatable bonds is 6. The van der Waals surface area contributed by atoms with Crippen LogP contribution in [-0.2, 0) is 19.1 Å². The van der Waals surface area contributed by atoms with Crippen LogP contribution in [0.25, 0.3) is 0 Å². The number of carboxylic acid groups (broad SMARTS) is 1. The third-order valence-corrected chi connectivity index (χ3v) is 4.14. The Morgan fingerprint density at radius 3 is 2.48 bits per heavy atom. The maximum atomic E-state index is 12.1. The van der Waals surface area contributed by atoms with E-state index in [0.717, 1.165) is 12.8 Å². The van der Waals surface area contributed by atoms with Gasteiger partial charge in [-0.2, -0.15) is 10.2 Å². The SMILES string of the molecule is COC(=O)CCNC(=O)C1CCC(NC(=O)c2ccnnc2)CC1.O=CO. The average molecular weight is 380 g/mol. The molecule has 3 N–H and O–H groups in total. The summed E-state index contributed by atoms with van der Waals surface area (Å²) in [6.45, 7) is 0.0389. The van der Waals surface area contributed by atoms with Crippen LogP contribution in [0.2, 0.25) is 0 Å². The van der Waals surface area contributed by atoms with Gasteiger partial charge in [-0.3, -0.25) is 19.2 Å². The first-order valence-corrected chi connectivity index (χ1v) is 8.51. The Kier molecular flexibility index (Phi) is 10.1. The van der Waals surface area contributed by atoms with Crippen molar-refractivity contribution < 1.29 is 29.0 Å². The highest BCUT2D eigenvalue weighted by molar-refractivity contribution is 5.93. The van der Waals surface area contributed by atoms with Gasteiger partial charge in [0.2, 0.25) is 5.91 Å². The van der Waals surface area contributed by atoms with Crippen LogP contribution in [-0.4, -0.2) is 59.3 Å². The molecule has 0 atom stereocenters. The summed E-state index contributed by atoms with van der Waals surface area (Å²) in [5, 5.41) is 19.9. The molecule has 1 heterocycles. The molecular formula is C17H24N4O6. The molecule has 2 amide bonds. The van der Waals surface area contributed by atoms with Crippen molar-refractivity contribution in [3.63, 3.8) is 0 Å². The summed E-state index contributed by atoms with van der Waals surface area (Å²) >= 11 is 0. The number of ether oxygens (including phenoxy) is 1. The van der Waals surface area contributed by atoms with Crippen molar-refractivity contribution >= 4 is 24.3 Å². The number of hydrogen-bond acceptors (Lipinski definition) is 7. The summed E-state index contributed by atoms with van der Waals surface area (Å²) in [6.07, 6.45) is 6.00. The van der Waals surface area contributed by atoms with E-state index in [-0.39, 0.29) is 49.2 Å². The number of methoxy groups -OCH3 is 1. The topological polar surface area (TPSA) is 148 Å². The molecule has 1 aliphatic carbocycles. The second-order valence-electron chi connectivity index (χ2n) is 5.88. The van der Waals surface area contributed by atoms with E-state index in [4.69, 9.17) is 9.90 Å². The molecule has 0 radical (unpaired) electrons. The molecule has 1 fully saturated rings. The van der Waals surface area contributed by atoms with Gasteiger partial charge in [0.1, 0.15) is 0 Å². The lowest BCUT2D eigenvalue weighted by Gasteiger charge is -2.28. The Bertz CT molecular complexity index is 617. The Balaban J connectivity index is 0.00000114. The molecule has 27 heavy (non-hydrogen) atoms. The number of nitrogens with one attached hydrogen (secondary N) is 2. The van der Waals surface area contributed by atoms with Crippen LogP contribution in [0.15, 0.2) is 18.5 Å². The van der Waals surface area contributed by atoms with Crippen molar-refractivity contribution in [3.8, 4) is 0 Å². The highest BCUT2D eigenvalue weighted by Gasteiger charge is 2.27. The van der Waals surface area contributed by atoms with Gasteiger partial charge in [-0.1, -0.05) is 0 Å². The van der Waals surface area contributed by atoms with Crippen LogP contribution in [0.5, 0.6) is 0 Å². The van der Waals surface area contributed by atoms with Crippen LogP contribution >= 0.6 is 0 Å². The zero-order valence-electron chi connectivity index (χ0n) is 15.1. The van der Waals surface area contributed by atoms with E-state index in [1.54, 1.807) is 6.07 Å². The van der Waals surface area contributed by atoms with E-state index >= 15 is 0 Å². The smallest absolute Gasteiger partial charge is 0.307 e. The van der Waals surface area contributed by atoms with Gasteiger partial charge in [0.25, 0.3) is 12.4 Å². The second kappa shape index (κ2) is 12.3. The quantitative estimate of drug-likeness (QED) is 0.466. The molecule has 0 aliphatic heterocycles. The average Bonchev–Trinajstić information content (AvgIpc) is 2.69. The highest BCUT2D eigenvalue weighted by Crippen LogP contribution is 2.24. The van der Waals surface area contributed by atoms with Crippen molar-refractivity contribution in [2.45, 2.75) is 38.1 Å². The summed E-state index contributed by atoms with van der Waals surface area (Å²) in [7, 11) is 1.32. The van der Waals surface area contributed by atoms with Gasteiger partial charge < -0.3 is 20.5 Å². The summed E-state index contributed by atoms with van der Waals surface area (Å²) < 4.78 is 4.53. The van der Waals surface area contributed by atoms with Crippen molar-refractivity contribution in [3.05, 3.63) is 24.0 Å². The standard InChI is InChI=1S/C16H22N4O4.CH2O2/c1-24-14(21)7-8-17-15(22)11-2-4-13(5-3-11)20-16(23)12-6-9-18-19-10-12;2-1-3/h6,9-11,13H,2-5,7-8H2,1H3,(H,17,22)(H,20,23);1H,(H,2,3).